The van der Waals surface area contributed by atoms with Crippen LogP contribution < -0.4 is 4.90 Å². The highest BCUT2D eigenvalue weighted by Gasteiger charge is 2.46. The van der Waals surface area contributed by atoms with Gasteiger partial charge in [0, 0.05) is 19.0 Å². The average molecular weight is 391 g/mol. The molecule has 0 aromatic heterocycles. The van der Waals surface area contributed by atoms with Crippen molar-refractivity contribution < 1.29 is 35.1 Å². The summed E-state index contributed by atoms with van der Waals surface area (Å²) in [6.07, 6.45) is -8.35. The number of halogens is 8. The van der Waals surface area contributed by atoms with Gasteiger partial charge in [0.05, 0.1) is 5.69 Å². The first-order valence-corrected chi connectivity index (χ1v) is 8.30. The lowest BCUT2D eigenvalue weighted by molar-refractivity contribution is -0.135. The van der Waals surface area contributed by atoms with Crippen LogP contribution in [-0.4, -0.2) is 24.9 Å². The van der Waals surface area contributed by atoms with E-state index < -0.39 is 55.1 Å². The number of hydrogen-bond donors (Lipinski definition) is 0. The van der Waals surface area contributed by atoms with Gasteiger partial charge in [0.2, 0.25) is 0 Å². The van der Waals surface area contributed by atoms with Gasteiger partial charge in [0.1, 0.15) is 11.6 Å². The molecule has 1 unspecified atom stereocenters. The third-order valence-corrected chi connectivity index (χ3v) is 3.92. The maximum atomic E-state index is 14.3. The van der Waals surface area contributed by atoms with Gasteiger partial charge in [-0.25, -0.2) is 13.2 Å². The smallest absolute Gasteiger partial charge is 0.308 e. The highest BCUT2D eigenvalue weighted by molar-refractivity contribution is 5.49. The van der Waals surface area contributed by atoms with E-state index in [1.165, 1.54) is 6.92 Å². The zero-order chi connectivity index (χ0) is 20.0. The van der Waals surface area contributed by atoms with Gasteiger partial charge in [-0.05, 0) is 31.9 Å². The number of unbranched alkanes of at least 4 members (excludes halogenated alkanes) is 3. The zero-order valence-electron chi connectivity index (χ0n) is 14.2. The standard InChI is InChI=1S/C17H21F8N/c1-2-26(14-11-12(18)8-9-13(14)19)17(24,25)15(20)7-5-3-4-6-10-16(21,22)23/h8-9,11,15H,2-7,10H2,1H3. The van der Waals surface area contributed by atoms with Crippen LogP contribution in [0.1, 0.15) is 45.4 Å². The Morgan fingerprint density at radius 2 is 1.58 bits per heavy atom. The molecule has 0 bridgehead atoms. The summed E-state index contributed by atoms with van der Waals surface area (Å²) in [4.78, 5) is 0.153. The van der Waals surface area contributed by atoms with Crippen LogP contribution >= 0.6 is 0 Å². The summed E-state index contributed by atoms with van der Waals surface area (Å²) in [5.74, 6) is -2.04. The Morgan fingerprint density at radius 1 is 0.962 bits per heavy atom. The molecule has 0 radical (unpaired) electrons. The molecule has 150 valence electrons. The van der Waals surface area contributed by atoms with Gasteiger partial charge in [-0.3, -0.25) is 0 Å². The van der Waals surface area contributed by atoms with Crippen molar-refractivity contribution in [3.8, 4) is 0 Å². The van der Waals surface area contributed by atoms with Crippen LogP contribution in [0.2, 0.25) is 0 Å². The Kier molecular flexibility index (Phi) is 8.15. The molecule has 0 saturated carbocycles. The fraction of sp³-hybridized carbons (Fsp3) is 0.647. The topological polar surface area (TPSA) is 3.24 Å². The molecule has 0 aliphatic rings. The van der Waals surface area contributed by atoms with Gasteiger partial charge in [-0.15, -0.1) is 0 Å². The quantitative estimate of drug-likeness (QED) is 0.246. The number of alkyl halides is 6. The largest absolute Gasteiger partial charge is 0.389 e. The lowest BCUT2D eigenvalue weighted by atomic mass is 10.1. The van der Waals surface area contributed by atoms with Crippen LogP contribution in [0.15, 0.2) is 18.2 Å². The van der Waals surface area contributed by atoms with Crippen LogP contribution in [0.5, 0.6) is 0 Å². The molecule has 0 spiro atoms. The van der Waals surface area contributed by atoms with Gasteiger partial charge >= 0.3 is 12.2 Å². The molecule has 0 fully saturated rings. The molecule has 0 saturated heterocycles. The number of benzene rings is 1. The fourth-order valence-electron chi connectivity index (χ4n) is 2.58. The molecular weight excluding hydrogens is 370 g/mol. The van der Waals surface area contributed by atoms with Crippen molar-refractivity contribution in [2.24, 2.45) is 0 Å². The van der Waals surface area contributed by atoms with Crippen molar-refractivity contribution in [3.63, 3.8) is 0 Å². The monoisotopic (exact) mass is 391 g/mol. The molecule has 1 rings (SSSR count). The normalized spacial score (nSPS) is 13.7. The van der Waals surface area contributed by atoms with Crippen molar-refractivity contribution in [2.45, 2.75) is 63.8 Å². The second-order valence-corrected chi connectivity index (χ2v) is 5.96. The van der Waals surface area contributed by atoms with E-state index in [0.717, 1.165) is 6.07 Å². The van der Waals surface area contributed by atoms with Crippen LogP contribution in [0, 0.1) is 11.6 Å². The van der Waals surface area contributed by atoms with E-state index in [2.05, 4.69) is 0 Å². The van der Waals surface area contributed by atoms with Crippen molar-refractivity contribution in [1.29, 1.82) is 0 Å². The highest BCUT2D eigenvalue weighted by Crippen LogP contribution is 2.35. The minimum atomic E-state index is -4.27. The molecule has 1 atom stereocenters. The van der Waals surface area contributed by atoms with Crippen molar-refractivity contribution >= 4 is 5.69 Å². The van der Waals surface area contributed by atoms with Crippen LogP contribution in [0.4, 0.5) is 40.8 Å². The SMILES string of the molecule is CCN(c1cc(F)ccc1F)C(F)(F)C(F)CCCCCCC(F)(F)F. The third-order valence-electron chi connectivity index (χ3n) is 3.92. The van der Waals surface area contributed by atoms with E-state index in [1.54, 1.807) is 0 Å². The minimum Gasteiger partial charge on any atom is -0.308 e. The summed E-state index contributed by atoms with van der Waals surface area (Å²) in [7, 11) is 0. The molecule has 26 heavy (non-hydrogen) atoms. The summed E-state index contributed by atoms with van der Waals surface area (Å²) in [6, 6.07) is -2.07. The van der Waals surface area contributed by atoms with Crippen LogP contribution in [-0.2, 0) is 0 Å². The van der Waals surface area contributed by atoms with E-state index in [9.17, 15) is 35.1 Å². The predicted molar refractivity (Wildman–Crippen MR) is 83.0 cm³/mol. The molecule has 1 nitrogen and oxygen atoms in total. The Bertz CT molecular complexity index is 558. The second kappa shape index (κ2) is 9.41. The van der Waals surface area contributed by atoms with Gasteiger partial charge < -0.3 is 4.90 Å². The van der Waals surface area contributed by atoms with Gasteiger partial charge in [0.25, 0.3) is 0 Å². The first-order valence-electron chi connectivity index (χ1n) is 8.30. The maximum absolute atomic E-state index is 14.3. The van der Waals surface area contributed by atoms with E-state index in [1.807, 2.05) is 0 Å². The van der Waals surface area contributed by atoms with Crippen molar-refractivity contribution in [3.05, 3.63) is 29.8 Å². The van der Waals surface area contributed by atoms with Crippen molar-refractivity contribution in [1.82, 2.24) is 0 Å². The molecule has 0 aliphatic carbocycles. The number of anilines is 1. The first kappa shape index (κ1) is 22.5. The summed E-state index contributed by atoms with van der Waals surface area (Å²) in [5, 5.41) is 0. The van der Waals surface area contributed by atoms with Gasteiger partial charge in [-0.1, -0.05) is 19.3 Å². The van der Waals surface area contributed by atoms with Gasteiger partial charge in [-0.2, -0.15) is 22.0 Å². The highest BCUT2D eigenvalue weighted by atomic mass is 19.4. The first-order chi connectivity index (χ1) is 12.0. The van der Waals surface area contributed by atoms with E-state index >= 15 is 0 Å². The number of hydrogen-bond acceptors (Lipinski definition) is 1. The molecule has 0 N–H and O–H groups in total. The van der Waals surface area contributed by atoms with Crippen LogP contribution in [0.25, 0.3) is 0 Å². The molecule has 9 heteroatoms. The molecule has 0 amide bonds. The van der Waals surface area contributed by atoms with Gasteiger partial charge in [0.15, 0.2) is 6.17 Å². The third kappa shape index (κ3) is 6.64. The van der Waals surface area contributed by atoms with E-state index in [0.29, 0.717) is 12.1 Å². The van der Waals surface area contributed by atoms with Crippen LogP contribution in [0.3, 0.4) is 0 Å². The fourth-order valence-corrected chi connectivity index (χ4v) is 2.58. The molecule has 1 aromatic rings. The summed E-state index contributed by atoms with van der Waals surface area (Å²) >= 11 is 0. The lowest BCUT2D eigenvalue weighted by Gasteiger charge is -2.34. The number of rotatable bonds is 10. The predicted octanol–water partition coefficient (Wildman–Crippen LogP) is 6.62. The molecule has 0 heterocycles. The second-order valence-electron chi connectivity index (χ2n) is 5.96. The molecular formula is C17H21F8N. The zero-order valence-corrected chi connectivity index (χ0v) is 14.2. The number of nitrogens with zero attached hydrogens (tertiary/aromatic N) is 1. The molecule has 1 aromatic carbocycles. The maximum Gasteiger partial charge on any atom is 0.389 e. The Balaban J connectivity index is 2.62. The Morgan fingerprint density at radius 3 is 2.15 bits per heavy atom. The Labute approximate surface area is 147 Å². The lowest BCUT2D eigenvalue weighted by Crippen LogP contribution is -2.49. The van der Waals surface area contributed by atoms with E-state index in [-0.39, 0.29) is 30.6 Å². The minimum absolute atomic E-state index is 0.0300. The molecule has 0 aliphatic heterocycles. The summed E-state index contributed by atoms with van der Waals surface area (Å²) in [5.41, 5.74) is -0.745. The Hall–Kier alpha value is -1.54. The van der Waals surface area contributed by atoms with E-state index in [4.69, 9.17) is 0 Å². The average Bonchev–Trinajstić information content (AvgIpc) is 2.53. The summed E-state index contributed by atoms with van der Waals surface area (Å²) in [6.45, 7) is 0.793. The van der Waals surface area contributed by atoms with Crippen molar-refractivity contribution in [2.75, 3.05) is 11.4 Å². The summed E-state index contributed by atoms with van der Waals surface area (Å²) < 4.78 is 106.